The van der Waals surface area contributed by atoms with Crippen molar-refractivity contribution in [3.8, 4) is 5.75 Å². The molecule has 2 aromatic rings. The number of nitrogens with two attached hydrogens (primary N) is 1. The van der Waals surface area contributed by atoms with E-state index in [1.165, 1.54) is 36.0 Å². The number of aryl methyl sites for hydroxylation is 2. The van der Waals surface area contributed by atoms with Crippen molar-refractivity contribution in [2.24, 2.45) is 5.73 Å². The second-order valence-electron chi connectivity index (χ2n) is 5.34. The quantitative estimate of drug-likeness (QED) is 0.789. The summed E-state index contributed by atoms with van der Waals surface area (Å²) in [6.07, 6.45) is 3.69. The van der Waals surface area contributed by atoms with Crippen LogP contribution in [0.3, 0.4) is 0 Å². The predicted octanol–water partition coefficient (Wildman–Crippen LogP) is 4.74. The Kier molecular flexibility index (Phi) is 4.67. The molecule has 0 unspecified atom stereocenters. The molecule has 0 amide bonds. The van der Waals surface area contributed by atoms with Crippen LogP contribution < -0.4 is 10.5 Å². The van der Waals surface area contributed by atoms with Crippen molar-refractivity contribution in [1.82, 2.24) is 0 Å². The molecule has 21 heavy (non-hydrogen) atoms. The maximum atomic E-state index is 5.98. The summed E-state index contributed by atoms with van der Waals surface area (Å²) >= 11 is 7.10. The molecule has 2 aromatic carbocycles. The minimum atomic E-state index is 0.516. The number of fused-ring (bicyclic) bond motifs is 1. The van der Waals surface area contributed by atoms with Crippen molar-refractivity contribution in [1.29, 1.82) is 0 Å². The molecule has 1 aliphatic rings. The third-order valence-corrected chi connectivity index (χ3v) is 5.02. The molecule has 2 nitrogen and oxygen atoms in total. The third-order valence-electron chi connectivity index (χ3n) is 3.84. The fourth-order valence-electron chi connectivity index (χ4n) is 2.74. The van der Waals surface area contributed by atoms with E-state index in [2.05, 4.69) is 50.1 Å². The van der Waals surface area contributed by atoms with Crippen LogP contribution in [0.4, 0.5) is 0 Å². The highest BCUT2D eigenvalue weighted by Crippen LogP contribution is 2.35. The molecule has 110 valence electrons. The molecule has 0 spiro atoms. The lowest BCUT2D eigenvalue weighted by molar-refractivity contribution is 0.302. The van der Waals surface area contributed by atoms with Gasteiger partial charge in [-0.2, -0.15) is 0 Å². The van der Waals surface area contributed by atoms with Crippen molar-refractivity contribution < 1.29 is 4.74 Å². The van der Waals surface area contributed by atoms with E-state index in [4.69, 9.17) is 10.5 Å². The normalized spacial score (nSPS) is 13.3. The average molecular weight is 411 g/mol. The number of halogens is 2. The largest absolute Gasteiger partial charge is 0.487 e. The highest BCUT2D eigenvalue weighted by molar-refractivity contribution is 9.11. The lowest BCUT2D eigenvalue weighted by Crippen LogP contribution is -2.00. The Labute approximate surface area is 141 Å². The van der Waals surface area contributed by atoms with E-state index in [9.17, 15) is 0 Å². The van der Waals surface area contributed by atoms with Crippen LogP contribution in [0.15, 0.2) is 39.3 Å². The second kappa shape index (κ2) is 6.51. The highest BCUT2D eigenvalue weighted by Gasteiger charge is 2.12. The number of ether oxygens (including phenoxy) is 1. The van der Waals surface area contributed by atoms with Gasteiger partial charge < -0.3 is 10.5 Å². The van der Waals surface area contributed by atoms with Crippen LogP contribution in [-0.4, -0.2) is 0 Å². The van der Waals surface area contributed by atoms with Crippen LogP contribution in [0, 0.1) is 0 Å². The van der Waals surface area contributed by atoms with Crippen molar-refractivity contribution in [2.45, 2.75) is 32.4 Å². The van der Waals surface area contributed by atoms with Crippen molar-refractivity contribution >= 4 is 31.9 Å². The van der Waals surface area contributed by atoms with Gasteiger partial charge >= 0.3 is 0 Å². The molecule has 4 heteroatoms. The first kappa shape index (κ1) is 15.1. The van der Waals surface area contributed by atoms with E-state index in [0.29, 0.717) is 13.2 Å². The minimum Gasteiger partial charge on any atom is -0.487 e. The van der Waals surface area contributed by atoms with Crippen LogP contribution in [0.2, 0.25) is 0 Å². The Hall–Kier alpha value is -0.840. The van der Waals surface area contributed by atoms with Gasteiger partial charge in [0.15, 0.2) is 0 Å². The standard InChI is InChI=1S/C17H17Br2NO/c18-15-7-12(9-20)8-16(19)17(15)21-10-11-4-5-13-2-1-3-14(13)6-11/h4-8H,1-3,9-10,20H2. The van der Waals surface area contributed by atoms with Crippen molar-refractivity contribution in [3.63, 3.8) is 0 Å². The highest BCUT2D eigenvalue weighted by atomic mass is 79.9. The zero-order valence-electron chi connectivity index (χ0n) is 11.7. The smallest absolute Gasteiger partial charge is 0.148 e. The van der Waals surface area contributed by atoms with Gasteiger partial charge in [0.2, 0.25) is 0 Å². The monoisotopic (exact) mass is 409 g/mol. The Balaban J connectivity index is 1.76. The molecule has 0 aromatic heterocycles. The predicted molar refractivity (Wildman–Crippen MR) is 92.5 cm³/mol. The first-order valence-electron chi connectivity index (χ1n) is 7.09. The van der Waals surface area contributed by atoms with Gasteiger partial charge in [-0.1, -0.05) is 18.2 Å². The van der Waals surface area contributed by atoms with Crippen LogP contribution in [-0.2, 0) is 26.0 Å². The summed E-state index contributed by atoms with van der Waals surface area (Å²) in [5.74, 6) is 0.827. The summed E-state index contributed by atoms with van der Waals surface area (Å²) in [4.78, 5) is 0. The van der Waals surface area contributed by atoms with E-state index < -0.39 is 0 Å². The summed E-state index contributed by atoms with van der Waals surface area (Å²) in [7, 11) is 0. The molecule has 0 bridgehead atoms. The number of hydrogen-bond donors (Lipinski definition) is 1. The lowest BCUT2D eigenvalue weighted by Gasteiger charge is -2.12. The molecule has 0 atom stereocenters. The molecule has 0 saturated heterocycles. The summed E-state index contributed by atoms with van der Waals surface area (Å²) in [5, 5.41) is 0. The van der Waals surface area contributed by atoms with E-state index in [0.717, 1.165) is 20.3 Å². The number of hydrogen-bond acceptors (Lipinski definition) is 2. The fraction of sp³-hybridized carbons (Fsp3) is 0.294. The number of benzene rings is 2. The van der Waals surface area contributed by atoms with Gasteiger partial charge in [-0.25, -0.2) is 0 Å². The van der Waals surface area contributed by atoms with Crippen LogP contribution in [0.25, 0.3) is 0 Å². The van der Waals surface area contributed by atoms with Crippen LogP contribution in [0.5, 0.6) is 5.75 Å². The average Bonchev–Trinajstić information content (AvgIpc) is 2.93. The van der Waals surface area contributed by atoms with Crippen molar-refractivity contribution in [3.05, 3.63) is 61.5 Å². The van der Waals surface area contributed by atoms with Crippen LogP contribution >= 0.6 is 31.9 Å². The third kappa shape index (κ3) is 3.33. The Morgan fingerprint density at radius 1 is 0.952 bits per heavy atom. The van der Waals surface area contributed by atoms with E-state index >= 15 is 0 Å². The molecular weight excluding hydrogens is 394 g/mol. The molecule has 0 aliphatic heterocycles. The fourth-order valence-corrected chi connectivity index (χ4v) is 4.25. The molecule has 1 aliphatic carbocycles. The SMILES string of the molecule is NCc1cc(Br)c(OCc2ccc3c(c2)CCC3)c(Br)c1. The zero-order chi connectivity index (χ0) is 14.8. The van der Waals surface area contributed by atoms with Gasteiger partial charge in [-0.15, -0.1) is 0 Å². The lowest BCUT2D eigenvalue weighted by atomic mass is 10.1. The maximum absolute atomic E-state index is 5.98. The minimum absolute atomic E-state index is 0.516. The molecular formula is C17H17Br2NO. The topological polar surface area (TPSA) is 35.2 Å². The Morgan fingerprint density at radius 2 is 1.67 bits per heavy atom. The molecule has 0 fully saturated rings. The zero-order valence-corrected chi connectivity index (χ0v) is 14.8. The van der Waals surface area contributed by atoms with Gasteiger partial charge in [-0.3, -0.25) is 0 Å². The van der Waals surface area contributed by atoms with Gasteiger partial charge in [0.25, 0.3) is 0 Å². The summed E-state index contributed by atoms with van der Waals surface area (Å²) in [6, 6.07) is 10.7. The Morgan fingerprint density at radius 3 is 2.38 bits per heavy atom. The number of rotatable bonds is 4. The van der Waals surface area contributed by atoms with Gasteiger partial charge in [0.1, 0.15) is 12.4 Å². The van der Waals surface area contributed by atoms with Gasteiger partial charge in [0.05, 0.1) is 8.95 Å². The van der Waals surface area contributed by atoms with Gasteiger partial charge in [-0.05, 0) is 85.5 Å². The summed E-state index contributed by atoms with van der Waals surface area (Å²) in [6.45, 7) is 1.09. The van der Waals surface area contributed by atoms with E-state index in [1.807, 2.05) is 12.1 Å². The maximum Gasteiger partial charge on any atom is 0.148 e. The van der Waals surface area contributed by atoms with Crippen molar-refractivity contribution in [2.75, 3.05) is 0 Å². The van der Waals surface area contributed by atoms with E-state index in [1.54, 1.807) is 0 Å². The molecule has 0 saturated carbocycles. The first-order valence-corrected chi connectivity index (χ1v) is 8.67. The molecule has 3 rings (SSSR count). The molecule has 2 N–H and O–H groups in total. The summed E-state index contributed by atoms with van der Waals surface area (Å²) in [5.41, 5.74) is 10.9. The second-order valence-corrected chi connectivity index (χ2v) is 7.05. The summed E-state index contributed by atoms with van der Waals surface area (Å²) < 4.78 is 7.84. The molecule has 0 heterocycles. The van der Waals surface area contributed by atoms with Crippen LogP contribution in [0.1, 0.15) is 28.7 Å². The molecule has 0 radical (unpaired) electrons. The first-order chi connectivity index (χ1) is 10.2. The van der Waals surface area contributed by atoms with E-state index in [-0.39, 0.29) is 0 Å². The Bertz CT molecular complexity index is 647. The van der Waals surface area contributed by atoms with Gasteiger partial charge in [0, 0.05) is 6.54 Å².